The van der Waals surface area contributed by atoms with Crippen LogP contribution >= 0.6 is 0 Å². The van der Waals surface area contributed by atoms with Crippen molar-refractivity contribution in [2.45, 2.75) is 42.9 Å². The van der Waals surface area contributed by atoms with Crippen LogP contribution in [0, 0.1) is 0 Å². The van der Waals surface area contributed by atoms with E-state index in [1.807, 2.05) is 0 Å². The van der Waals surface area contributed by atoms with Gasteiger partial charge in [0, 0.05) is 18.0 Å². The summed E-state index contributed by atoms with van der Waals surface area (Å²) in [5, 5.41) is 10.4. The number of aromatic nitrogens is 2. The molecular formula is C15H16N4O4S. The van der Waals surface area contributed by atoms with Gasteiger partial charge in [-0.05, 0) is 49.4 Å². The Bertz CT molecular complexity index is 902. The topological polar surface area (TPSA) is 114 Å². The molecule has 4 rings (SSSR count). The molecule has 0 spiro atoms. The summed E-state index contributed by atoms with van der Waals surface area (Å²) in [6.07, 6.45) is 3.74. The van der Waals surface area contributed by atoms with E-state index >= 15 is 0 Å². The lowest BCUT2D eigenvalue weighted by Crippen LogP contribution is -2.14. The van der Waals surface area contributed by atoms with E-state index < -0.39 is 10.0 Å². The fourth-order valence-corrected chi connectivity index (χ4v) is 3.64. The standard InChI is InChI=1S/C15H16N4O4S/c20-13-3-1-2-10-8-11(6-7-12(10)16-13)24(21,22)19-15-18-17-14(23-15)9-4-5-9/h6-9H,1-5H2,(H,16,20)(H,18,19). The van der Waals surface area contributed by atoms with Gasteiger partial charge in [-0.3, -0.25) is 4.79 Å². The van der Waals surface area contributed by atoms with Crippen LogP contribution in [-0.2, 0) is 21.2 Å². The molecule has 2 heterocycles. The molecule has 0 unspecified atom stereocenters. The Morgan fingerprint density at radius 2 is 2.04 bits per heavy atom. The number of hydrogen-bond donors (Lipinski definition) is 2. The van der Waals surface area contributed by atoms with Gasteiger partial charge in [0.1, 0.15) is 0 Å². The van der Waals surface area contributed by atoms with Gasteiger partial charge in [-0.1, -0.05) is 5.10 Å². The predicted octanol–water partition coefficient (Wildman–Crippen LogP) is 2.02. The van der Waals surface area contributed by atoms with Gasteiger partial charge in [-0.2, -0.15) is 0 Å². The van der Waals surface area contributed by atoms with Crippen molar-refractivity contribution >= 4 is 27.6 Å². The summed E-state index contributed by atoms with van der Waals surface area (Å²) in [4.78, 5) is 11.7. The molecule has 1 saturated carbocycles. The van der Waals surface area contributed by atoms with Crippen molar-refractivity contribution in [3.63, 3.8) is 0 Å². The molecule has 8 nitrogen and oxygen atoms in total. The first kappa shape index (κ1) is 15.1. The third-order valence-corrected chi connectivity index (χ3v) is 5.42. The van der Waals surface area contributed by atoms with Crippen molar-refractivity contribution in [2.75, 3.05) is 10.0 Å². The molecular weight excluding hydrogens is 332 g/mol. The first-order valence-electron chi connectivity index (χ1n) is 7.80. The number of carbonyl (C=O) groups excluding carboxylic acids is 1. The maximum Gasteiger partial charge on any atom is 0.329 e. The molecule has 0 radical (unpaired) electrons. The molecule has 1 amide bonds. The molecule has 24 heavy (non-hydrogen) atoms. The van der Waals surface area contributed by atoms with Crippen LogP contribution in [0.15, 0.2) is 27.5 Å². The Hall–Kier alpha value is -2.42. The molecule has 1 aromatic heterocycles. The number of amides is 1. The molecule has 0 atom stereocenters. The molecule has 0 bridgehead atoms. The first-order chi connectivity index (χ1) is 11.5. The van der Waals surface area contributed by atoms with Crippen molar-refractivity contribution in [1.82, 2.24) is 10.2 Å². The Kier molecular flexibility index (Phi) is 3.52. The zero-order chi connectivity index (χ0) is 16.7. The van der Waals surface area contributed by atoms with Crippen molar-refractivity contribution in [1.29, 1.82) is 0 Å². The Balaban J connectivity index is 1.59. The van der Waals surface area contributed by atoms with Gasteiger partial charge < -0.3 is 9.73 Å². The summed E-state index contributed by atoms with van der Waals surface area (Å²) in [5.41, 5.74) is 1.46. The number of rotatable bonds is 4. The number of benzene rings is 1. The molecule has 2 N–H and O–H groups in total. The van der Waals surface area contributed by atoms with Crippen molar-refractivity contribution in [2.24, 2.45) is 0 Å². The number of hydrogen-bond acceptors (Lipinski definition) is 6. The summed E-state index contributed by atoms with van der Waals surface area (Å²) in [5.74, 6) is 0.671. The molecule has 1 fully saturated rings. The Morgan fingerprint density at radius 1 is 1.21 bits per heavy atom. The third kappa shape index (κ3) is 2.99. The number of nitrogens with zero attached hydrogens (tertiary/aromatic N) is 2. The smallest absolute Gasteiger partial charge is 0.329 e. The Morgan fingerprint density at radius 3 is 2.83 bits per heavy atom. The molecule has 2 aliphatic rings. The van der Waals surface area contributed by atoms with Crippen LogP contribution in [0.2, 0.25) is 0 Å². The predicted molar refractivity (Wildman–Crippen MR) is 85.1 cm³/mol. The zero-order valence-corrected chi connectivity index (χ0v) is 13.6. The summed E-state index contributed by atoms with van der Waals surface area (Å²) in [6.45, 7) is 0. The lowest BCUT2D eigenvalue weighted by atomic mass is 10.1. The Labute approximate surface area is 138 Å². The van der Waals surface area contributed by atoms with E-state index in [-0.39, 0.29) is 22.7 Å². The molecule has 126 valence electrons. The normalized spacial score (nSPS) is 17.8. The highest BCUT2D eigenvalue weighted by molar-refractivity contribution is 7.92. The second-order valence-corrected chi connectivity index (χ2v) is 7.73. The van der Waals surface area contributed by atoms with Crippen LogP contribution in [0.1, 0.15) is 43.1 Å². The number of carbonyl (C=O) groups is 1. The van der Waals surface area contributed by atoms with Gasteiger partial charge >= 0.3 is 6.01 Å². The monoisotopic (exact) mass is 348 g/mol. The van der Waals surface area contributed by atoms with Gasteiger partial charge in [-0.25, -0.2) is 13.1 Å². The summed E-state index contributed by atoms with van der Waals surface area (Å²) >= 11 is 0. The fourth-order valence-electron chi connectivity index (χ4n) is 2.66. The van der Waals surface area contributed by atoms with E-state index in [2.05, 4.69) is 20.2 Å². The minimum Gasteiger partial charge on any atom is -0.407 e. The highest BCUT2D eigenvalue weighted by atomic mass is 32.2. The van der Waals surface area contributed by atoms with E-state index in [4.69, 9.17) is 4.42 Å². The fraction of sp³-hybridized carbons (Fsp3) is 0.400. The van der Waals surface area contributed by atoms with Gasteiger partial charge in [-0.15, -0.1) is 5.10 Å². The molecule has 1 aromatic carbocycles. The van der Waals surface area contributed by atoms with E-state index in [9.17, 15) is 13.2 Å². The van der Waals surface area contributed by atoms with E-state index in [0.29, 0.717) is 30.8 Å². The molecule has 9 heteroatoms. The van der Waals surface area contributed by atoms with E-state index in [1.165, 1.54) is 6.07 Å². The molecule has 1 aliphatic carbocycles. The molecule has 2 aromatic rings. The largest absolute Gasteiger partial charge is 0.407 e. The van der Waals surface area contributed by atoms with Crippen molar-refractivity contribution < 1.29 is 17.6 Å². The number of nitrogens with one attached hydrogen (secondary N) is 2. The summed E-state index contributed by atoms with van der Waals surface area (Å²) < 4.78 is 32.7. The van der Waals surface area contributed by atoms with Crippen LogP contribution in [-0.4, -0.2) is 24.5 Å². The van der Waals surface area contributed by atoms with Crippen LogP contribution in [0.25, 0.3) is 0 Å². The maximum atomic E-state index is 12.5. The van der Waals surface area contributed by atoms with Crippen LogP contribution in [0.3, 0.4) is 0 Å². The highest BCUT2D eigenvalue weighted by Gasteiger charge is 2.30. The zero-order valence-electron chi connectivity index (χ0n) is 12.8. The van der Waals surface area contributed by atoms with E-state index in [1.54, 1.807) is 12.1 Å². The number of fused-ring (bicyclic) bond motifs is 1. The summed E-state index contributed by atoms with van der Waals surface area (Å²) in [7, 11) is -3.82. The number of sulfonamides is 1. The quantitative estimate of drug-likeness (QED) is 0.874. The van der Waals surface area contributed by atoms with Crippen LogP contribution in [0.4, 0.5) is 11.7 Å². The van der Waals surface area contributed by atoms with Gasteiger partial charge in [0.15, 0.2) is 0 Å². The second-order valence-electron chi connectivity index (χ2n) is 6.05. The minimum atomic E-state index is -3.82. The highest BCUT2D eigenvalue weighted by Crippen LogP contribution is 2.39. The number of aryl methyl sites for hydroxylation is 1. The van der Waals surface area contributed by atoms with E-state index in [0.717, 1.165) is 18.4 Å². The van der Waals surface area contributed by atoms with Crippen LogP contribution < -0.4 is 10.0 Å². The van der Waals surface area contributed by atoms with Gasteiger partial charge in [0.2, 0.25) is 11.8 Å². The maximum absolute atomic E-state index is 12.5. The third-order valence-electron chi connectivity index (χ3n) is 4.10. The SMILES string of the molecule is O=C1CCCc2cc(S(=O)(=O)Nc3nnc(C4CC4)o3)ccc2N1. The molecule has 1 aliphatic heterocycles. The molecule has 0 saturated heterocycles. The van der Waals surface area contributed by atoms with Gasteiger partial charge in [0.25, 0.3) is 10.0 Å². The first-order valence-corrected chi connectivity index (χ1v) is 9.28. The van der Waals surface area contributed by atoms with Crippen molar-refractivity contribution in [3.05, 3.63) is 29.7 Å². The number of anilines is 2. The minimum absolute atomic E-state index is 0.0547. The summed E-state index contributed by atoms with van der Waals surface area (Å²) in [6, 6.07) is 4.50. The second kappa shape index (κ2) is 5.59. The van der Waals surface area contributed by atoms with Crippen molar-refractivity contribution in [3.8, 4) is 0 Å². The lowest BCUT2D eigenvalue weighted by molar-refractivity contribution is -0.116. The average molecular weight is 348 g/mol. The lowest BCUT2D eigenvalue weighted by Gasteiger charge is -2.10. The van der Waals surface area contributed by atoms with Gasteiger partial charge in [0.05, 0.1) is 4.90 Å². The average Bonchev–Trinajstić information content (AvgIpc) is 3.31. The van der Waals surface area contributed by atoms with Crippen LogP contribution in [0.5, 0.6) is 0 Å².